The molecule has 0 unspecified atom stereocenters. The van der Waals surface area contributed by atoms with Crippen molar-refractivity contribution in [3.63, 3.8) is 0 Å². The summed E-state index contributed by atoms with van der Waals surface area (Å²) in [6.07, 6.45) is 0. The molecule has 5 nitrogen and oxygen atoms in total. The Morgan fingerprint density at radius 2 is 0.644 bits per heavy atom. The number of hydrogen-bond donors (Lipinski definition) is 0. The van der Waals surface area contributed by atoms with Crippen molar-refractivity contribution in [2.45, 2.75) is 13.8 Å². The van der Waals surface area contributed by atoms with E-state index >= 15 is 0 Å². The van der Waals surface area contributed by atoms with E-state index in [0.717, 1.165) is 60.3 Å². The van der Waals surface area contributed by atoms with E-state index in [9.17, 15) is 0 Å². The highest BCUT2D eigenvalue weighted by Crippen LogP contribution is 2.35. The highest BCUT2D eigenvalue weighted by Gasteiger charge is 2.42. The van der Waals surface area contributed by atoms with Gasteiger partial charge in [-0.2, -0.15) is 15.0 Å². The Morgan fingerprint density at radius 3 is 0.983 bits per heavy atom. The first-order chi connectivity index (χ1) is 29.1. The van der Waals surface area contributed by atoms with Crippen molar-refractivity contribution in [1.82, 2.24) is 24.1 Å². The molecule has 0 aliphatic rings. The molecule has 0 spiro atoms. The highest BCUT2D eigenvalue weighted by molar-refractivity contribution is 7.19. The van der Waals surface area contributed by atoms with E-state index in [1.165, 1.54) is 20.7 Å². The lowest BCUT2D eigenvalue weighted by atomic mass is 10.0. The van der Waals surface area contributed by atoms with Gasteiger partial charge >= 0.3 is 0 Å². The molecule has 0 saturated heterocycles. The van der Waals surface area contributed by atoms with Crippen LogP contribution < -0.4 is 20.7 Å². The lowest BCUT2D eigenvalue weighted by molar-refractivity contribution is 0.891. The fourth-order valence-corrected chi connectivity index (χ4v) is 14.5. The second-order valence-electron chi connectivity index (χ2n) is 15.3. The zero-order valence-electron chi connectivity index (χ0n) is 32.8. The predicted octanol–water partition coefficient (Wildman–Crippen LogP) is 9.73. The number of fused-ring (bicyclic) bond motifs is 6. The summed E-state index contributed by atoms with van der Waals surface area (Å²) in [5.74, 6) is 1.80. The third-order valence-electron chi connectivity index (χ3n) is 12.0. The number of aryl methyl sites for hydroxylation is 2. The molecule has 0 aliphatic heterocycles. The minimum atomic E-state index is -2.78. The van der Waals surface area contributed by atoms with Crippen molar-refractivity contribution in [3.8, 4) is 23.3 Å². The zero-order chi connectivity index (χ0) is 39.5. The first-order valence-corrected chi connectivity index (χ1v) is 22.1. The molecule has 0 bridgehead atoms. The minimum Gasteiger partial charge on any atom is -0.278 e. The molecule has 3 heterocycles. The molecular weight excluding hydrogens is 735 g/mol. The van der Waals surface area contributed by atoms with Crippen LogP contribution in [0.3, 0.4) is 0 Å². The molecule has 0 saturated carbocycles. The van der Waals surface area contributed by atoms with E-state index in [2.05, 4.69) is 223 Å². The minimum absolute atomic E-state index is 0.578. The lowest BCUT2D eigenvalue weighted by Gasteiger charge is -2.35. The van der Waals surface area contributed by atoms with Crippen molar-refractivity contribution >= 4 is 72.4 Å². The summed E-state index contributed by atoms with van der Waals surface area (Å²) in [7, 11) is -2.78. The van der Waals surface area contributed by atoms with Gasteiger partial charge in [-0.1, -0.05) is 176 Å². The molecule has 0 atom stereocenters. The maximum atomic E-state index is 5.44. The van der Waals surface area contributed by atoms with E-state index in [1.54, 1.807) is 0 Å². The van der Waals surface area contributed by atoms with Gasteiger partial charge in [0.25, 0.3) is 0 Å². The lowest BCUT2D eigenvalue weighted by Crippen LogP contribution is -2.74. The summed E-state index contributed by atoms with van der Waals surface area (Å²) in [5, 5.41) is 9.96. The van der Waals surface area contributed by atoms with Crippen LogP contribution in [0.2, 0.25) is 0 Å². The second-order valence-corrected chi connectivity index (χ2v) is 19.1. The standard InChI is InChI=1S/C53H39N5Si/c1-36-34-41(59(38-20-6-3-7-21-38,39-22-8-4-9-23-39)40-24-10-5-11-25-40)35-37(2)50(36)51-54-52(57-46-30-16-12-26-42(46)43-27-13-17-31-47(43)57)56-53(55-51)58-48-32-18-14-28-44(48)45-29-15-19-33-49(45)58/h3-35H,1-2H3. The molecule has 59 heavy (non-hydrogen) atoms. The molecule has 0 N–H and O–H groups in total. The van der Waals surface area contributed by atoms with Gasteiger partial charge in [-0.25, -0.2) is 0 Å². The van der Waals surface area contributed by atoms with Gasteiger partial charge in [-0.05, 0) is 70.0 Å². The fourth-order valence-electron chi connectivity index (χ4n) is 9.54. The molecule has 0 aliphatic carbocycles. The van der Waals surface area contributed by atoms with Crippen LogP contribution in [0, 0.1) is 13.8 Å². The first kappa shape index (κ1) is 34.8. The fraction of sp³-hybridized carbons (Fsp3) is 0.0377. The van der Waals surface area contributed by atoms with E-state index in [0.29, 0.717) is 17.7 Å². The Hall–Kier alpha value is -7.41. The maximum absolute atomic E-state index is 5.44. The van der Waals surface area contributed by atoms with Gasteiger partial charge in [-0.15, -0.1) is 0 Å². The number of nitrogens with zero attached hydrogens (tertiary/aromatic N) is 5. The Kier molecular flexibility index (Phi) is 8.20. The van der Waals surface area contributed by atoms with Crippen LogP contribution in [0.15, 0.2) is 200 Å². The topological polar surface area (TPSA) is 48.5 Å². The Balaban J connectivity index is 1.21. The summed E-state index contributed by atoms with van der Waals surface area (Å²) in [4.78, 5) is 16.3. The number of rotatable bonds is 7. The summed E-state index contributed by atoms with van der Waals surface area (Å²) in [6.45, 7) is 4.44. The number of benzene rings is 8. The van der Waals surface area contributed by atoms with Crippen molar-refractivity contribution < 1.29 is 0 Å². The quantitative estimate of drug-likeness (QED) is 0.120. The predicted molar refractivity (Wildman–Crippen MR) is 247 cm³/mol. The van der Waals surface area contributed by atoms with Gasteiger partial charge in [0.1, 0.15) is 0 Å². The van der Waals surface area contributed by atoms with Gasteiger partial charge in [0.05, 0.1) is 22.1 Å². The molecule has 280 valence electrons. The Labute approximate surface area is 343 Å². The van der Waals surface area contributed by atoms with Crippen LogP contribution in [0.5, 0.6) is 0 Å². The number of para-hydroxylation sites is 4. The molecular formula is C53H39N5Si. The van der Waals surface area contributed by atoms with Crippen molar-refractivity contribution in [3.05, 3.63) is 211 Å². The van der Waals surface area contributed by atoms with Gasteiger partial charge in [0.15, 0.2) is 13.9 Å². The van der Waals surface area contributed by atoms with Crippen LogP contribution in [-0.2, 0) is 0 Å². The third kappa shape index (κ3) is 5.41. The summed E-state index contributed by atoms with van der Waals surface area (Å²) < 4.78 is 4.40. The molecule has 11 rings (SSSR count). The molecule has 11 aromatic rings. The van der Waals surface area contributed by atoms with Crippen LogP contribution in [0.25, 0.3) is 66.9 Å². The molecule has 0 amide bonds. The van der Waals surface area contributed by atoms with Crippen LogP contribution in [-0.4, -0.2) is 32.2 Å². The van der Waals surface area contributed by atoms with Crippen molar-refractivity contribution in [1.29, 1.82) is 0 Å². The molecule has 8 aromatic carbocycles. The monoisotopic (exact) mass is 773 g/mol. The van der Waals surface area contributed by atoms with E-state index < -0.39 is 8.07 Å². The van der Waals surface area contributed by atoms with Crippen molar-refractivity contribution in [2.75, 3.05) is 0 Å². The summed E-state index contributed by atoms with van der Waals surface area (Å²) in [6, 6.07) is 72.2. The largest absolute Gasteiger partial charge is 0.278 e. The van der Waals surface area contributed by atoms with Crippen LogP contribution >= 0.6 is 0 Å². The molecule has 3 aromatic heterocycles. The smallest absolute Gasteiger partial charge is 0.240 e. The number of aromatic nitrogens is 5. The molecule has 0 fully saturated rings. The number of hydrogen-bond acceptors (Lipinski definition) is 3. The van der Waals surface area contributed by atoms with E-state index in [4.69, 9.17) is 15.0 Å². The van der Waals surface area contributed by atoms with Crippen molar-refractivity contribution in [2.24, 2.45) is 0 Å². The maximum Gasteiger partial charge on any atom is 0.240 e. The zero-order valence-corrected chi connectivity index (χ0v) is 33.8. The summed E-state index contributed by atoms with van der Waals surface area (Å²) >= 11 is 0. The Morgan fingerprint density at radius 1 is 0.339 bits per heavy atom. The molecule has 0 radical (unpaired) electrons. The average molecular weight is 774 g/mol. The first-order valence-electron chi connectivity index (χ1n) is 20.1. The van der Waals surface area contributed by atoms with Gasteiger partial charge in [0, 0.05) is 27.1 Å². The van der Waals surface area contributed by atoms with E-state index in [1.807, 2.05) is 0 Å². The highest BCUT2D eigenvalue weighted by atomic mass is 28.3. The molecule has 6 heteroatoms. The van der Waals surface area contributed by atoms with Crippen LogP contribution in [0.1, 0.15) is 11.1 Å². The van der Waals surface area contributed by atoms with Gasteiger partial charge in [-0.3, -0.25) is 9.13 Å². The third-order valence-corrected chi connectivity index (χ3v) is 16.7. The van der Waals surface area contributed by atoms with Crippen LogP contribution in [0.4, 0.5) is 0 Å². The van der Waals surface area contributed by atoms with Gasteiger partial charge in [0.2, 0.25) is 11.9 Å². The SMILES string of the molecule is Cc1cc([Si](c2ccccc2)(c2ccccc2)c2ccccc2)cc(C)c1-c1nc(-n2c3ccccc3c3ccccc32)nc(-n2c3ccccc3c3ccccc32)n1. The van der Waals surface area contributed by atoms with Gasteiger partial charge < -0.3 is 0 Å². The summed E-state index contributed by atoms with van der Waals surface area (Å²) in [5.41, 5.74) is 7.44. The average Bonchev–Trinajstić information content (AvgIpc) is 3.81. The second kappa shape index (κ2) is 13.9. The normalized spacial score (nSPS) is 11.9. The van der Waals surface area contributed by atoms with E-state index in [-0.39, 0.29) is 0 Å². The Bertz CT molecular complexity index is 2990.